The van der Waals surface area contributed by atoms with E-state index in [2.05, 4.69) is 118 Å². The maximum absolute atomic E-state index is 12.2. The van der Waals surface area contributed by atoms with Crippen LogP contribution in [0, 0.1) is 3.57 Å². The molecule has 0 atom stereocenters. The summed E-state index contributed by atoms with van der Waals surface area (Å²) in [5, 5.41) is 8.05. The highest BCUT2D eigenvalue weighted by molar-refractivity contribution is 14.1. The van der Waals surface area contributed by atoms with Crippen molar-refractivity contribution in [3.63, 3.8) is 0 Å². The molecule has 0 fully saturated rings. The van der Waals surface area contributed by atoms with Crippen LogP contribution < -0.4 is 14.5 Å². The molecule has 6 rings (SSSR count). The zero-order valence-electron chi connectivity index (χ0n) is 27.6. The second-order valence-corrected chi connectivity index (χ2v) is 12.2. The zero-order valence-corrected chi connectivity index (χ0v) is 29.7. The molecule has 0 bridgehead atoms. The molecule has 4 aromatic heterocycles. The summed E-state index contributed by atoms with van der Waals surface area (Å²) in [4.78, 5) is 13.4. The van der Waals surface area contributed by atoms with E-state index < -0.39 is 13.3 Å². The number of benzene rings is 2. The van der Waals surface area contributed by atoms with Gasteiger partial charge in [-0.2, -0.15) is 0 Å². The Morgan fingerprint density at radius 1 is 0.646 bits per heavy atom. The van der Waals surface area contributed by atoms with Crippen LogP contribution in [-0.2, 0) is 4.74 Å². The Morgan fingerprint density at radius 3 is 1.62 bits per heavy atom. The molecule has 2 aromatic carbocycles. The molecule has 0 aliphatic carbocycles. The van der Waals surface area contributed by atoms with Crippen molar-refractivity contribution >= 4 is 45.3 Å². The number of halogens is 3. The van der Waals surface area contributed by atoms with Crippen LogP contribution in [0.3, 0.4) is 0 Å². The molecule has 0 spiro atoms. The summed E-state index contributed by atoms with van der Waals surface area (Å²) in [6, 6.07) is 24.5. The molecular weight excluding hydrogens is 729 g/mol. The standard InChI is InChI=1S/C17H18FN3O.C15H14IN3.C4H9FO2/c1-20(2)14-5-3-13(4-6-14)16-12-21-11-15(22-10-9-18)7-8-17(21)19-16;1-18(2)13-6-3-11(4-7-13)14-10-19-9-12(16)5-8-15(19)17-14;5-1-3-7-4-2-6/h3-8,11-12H,9-10H2,1-2H3;3-10H,1-2H3;6H,1-4H2. The summed E-state index contributed by atoms with van der Waals surface area (Å²) in [5.41, 5.74) is 8.26. The van der Waals surface area contributed by atoms with Gasteiger partial charge in [0.15, 0.2) is 0 Å². The minimum atomic E-state index is -0.495. The monoisotopic (exact) mass is 770 g/mol. The van der Waals surface area contributed by atoms with Gasteiger partial charge in [0.05, 0.1) is 37.4 Å². The third kappa shape index (κ3) is 10.4. The second-order valence-electron chi connectivity index (χ2n) is 10.9. The third-order valence-corrected chi connectivity index (χ3v) is 7.64. The molecule has 6 aromatic rings. The molecule has 0 radical (unpaired) electrons. The normalized spacial score (nSPS) is 10.7. The zero-order chi connectivity index (χ0) is 34.5. The van der Waals surface area contributed by atoms with Crippen molar-refractivity contribution in [2.45, 2.75) is 0 Å². The van der Waals surface area contributed by atoms with Gasteiger partial charge in [-0.1, -0.05) is 24.3 Å². The Balaban J connectivity index is 0.000000183. The lowest BCUT2D eigenvalue weighted by Gasteiger charge is -2.12. The number of alkyl halides is 2. The van der Waals surface area contributed by atoms with Crippen LogP contribution in [-0.4, -0.2) is 91.8 Å². The molecule has 0 aliphatic heterocycles. The topological polar surface area (TPSA) is 79.8 Å². The van der Waals surface area contributed by atoms with Crippen molar-refractivity contribution in [3.8, 4) is 28.3 Å². The van der Waals surface area contributed by atoms with E-state index in [1.165, 1.54) is 9.26 Å². The lowest BCUT2D eigenvalue weighted by atomic mass is 10.1. The molecule has 1 N–H and O–H groups in total. The molecule has 4 heterocycles. The maximum atomic E-state index is 12.2. The van der Waals surface area contributed by atoms with Gasteiger partial charge in [-0.3, -0.25) is 0 Å². The van der Waals surface area contributed by atoms with Crippen molar-refractivity contribution in [3.05, 3.63) is 101 Å². The van der Waals surface area contributed by atoms with Crippen LogP contribution in [0.2, 0.25) is 0 Å². The van der Waals surface area contributed by atoms with Crippen LogP contribution >= 0.6 is 22.6 Å². The minimum Gasteiger partial charge on any atom is -0.489 e. The Bertz CT molecular complexity index is 1840. The number of anilines is 2. The molecule has 0 saturated heterocycles. The second kappa shape index (κ2) is 18.3. The van der Waals surface area contributed by atoms with Crippen molar-refractivity contribution < 1.29 is 23.4 Å². The van der Waals surface area contributed by atoms with E-state index >= 15 is 0 Å². The number of hydrogen-bond donors (Lipinski definition) is 1. The molecule has 0 unspecified atom stereocenters. The fraction of sp³-hybridized carbons (Fsp3) is 0.278. The summed E-state index contributed by atoms with van der Waals surface area (Å²) in [5.74, 6) is 0.636. The Kier molecular flexibility index (Phi) is 14.0. The Morgan fingerprint density at radius 2 is 1.15 bits per heavy atom. The van der Waals surface area contributed by atoms with Gasteiger partial charge >= 0.3 is 0 Å². The van der Waals surface area contributed by atoms with E-state index in [-0.39, 0.29) is 26.4 Å². The van der Waals surface area contributed by atoms with Crippen LogP contribution in [0.5, 0.6) is 5.75 Å². The van der Waals surface area contributed by atoms with E-state index in [1.807, 2.05) is 57.1 Å². The van der Waals surface area contributed by atoms with Gasteiger partial charge < -0.3 is 33.2 Å². The first-order chi connectivity index (χ1) is 23.2. The Hall–Kier alpha value is -4.27. The van der Waals surface area contributed by atoms with Gasteiger partial charge in [-0.15, -0.1) is 0 Å². The Labute approximate surface area is 293 Å². The average molecular weight is 771 g/mol. The highest BCUT2D eigenvalue weighted by atomic mass is 127. The van der Waals surface area contributed by atoms with Gasteiger partial charge in [0.1, 0.15) is 37.0 Å². The molecule has 0 aliphatic rings. The number of rotatable bonds is 11. The highest BCUT2D eigenvalue weighted by Gasteiger charge is 2.07. The van der Waals surface area contributed by atoms with Crippen molar-refractivity contribution in [1.29, 1.82) is 0 Å². The van der Waals surface area contributed by atoms with E-state index in [0.29, 0.717) is 5.75 Å². The number of nitrogens with zero attached hydrogens (tertiary/aromatic N) is 6. The SMILES string of the molecule is CN(C)c1ccc(-c2cn3cc(I)ccc3n2)cc1.CN(C)c1ccc(-c2cn3cc(OCCF)ccc3n2)cc1.OCCOCCF. The summed E-state index contributed by atoms with van der Waals surface area (Å²) in [6.07, 6.45) is 7.92. The largest absolute Gasteiger partial charge is 0.489 e. The first-order valence-electron chi connectivity index (χ1n) is 15.3. The number of aliphatic hydroxyl groups excluding tert-OH is 1. The van der Waals surface area contributed by atoms with E-state index in [4.69, 9.17) is 9.84 Å². The fourth-order valence-corrected chi connectivity index (χ4v) is 5.02. The molecule has 0 saturated carbocycles. The summed E-state index contributed by atoms with van der Waals surface area (Å²) in [6.45, 7) is -0.588. The fourth-order valence-electron chi connectivity index (χ4n) is 4.54. The van der Waals surface area contributed by atoms with Crippen LogP contribution in [0.15, 0.2) is 97.6 Å². The van der Waals surface area contributed by atoms with Crippen LogP contribution in [0.4, 0.5) is 20.2 Å². The van der Waals surface area contributed by atoms with Crippen molar-refractivity contribution in [2.75, 3.05) is 77.8 Å². The first-order valence-corrected chi connectivity index (χ1v) is 16.4. The van der Waals surface area contributed by atoms with Crippen LogP contribution in [0.25, 0.3) is 33.8 Å². The number of aromatic nitrogens is 4. The number of ether oxygens (including phenoxy) is 2. The van der Waals surface area contributed by atoms with Crippen molar-refractivity contribution in [2.24, 2.45) is 0 Å². The van der Waals surface area contributed by atoms with Crippen molar-refractivity contribution in [1.82, 2.24) is 18.8 Å². The third-order valence-electron chi connectivity index (χ3n) is 7.00. The molecule has 0 amide bonds. The van der Waals surface area contributed by atoms with E-state index in [0.717, 1.165) is 39.5 Å². The smallest absolute Gasteiger partial charge is 0.137 e. The van der Waals surface area contributed by atoms with Gasteiger partial charge in [-0.05, 0) is 71.1 Å². The highest BCUT2D eigenvalue weighted by Crippen LogP contribution is 2.24. The predicted octanol–water partition coefficient (Wildman–Crippen LogP) is 7.05. The lowest BCUT2D eigenvalue weighted by Crippen LogP contribution is -2.07. The van der Waals surface area contributed by atoms with Gasteiger partial charge in [-0.25, -0.2) is 18.7 Å². The number of aliphatic hydroxyl groups is 1. The molecule has 48 heavy (non-hydrogen) atoms. The number of hydrogen-bond acceptors (Lipinski definition) is 7. The average Bonchev–Trinajstić information content (AvgIpc) is 3.72. The summed E-state index contributed by atoms with van der Waals surface area (Å²) < 4.78 is 38.2. The number of imidazole rings is 2. The number of pyridine rings is 2. The quantitative estimate of drug-likeness (QED) is 0.112. The molecule has 12 heteroatoms. The van der Waals surface area contributed by atoms with Gasteiger partial charge in [0.25, 0.3) is 0 Å². The summed E-state index contributed by atoms with van der Waals surface area (Å²) in [7, 11) is 8.11. The lowest BCUT2D eigenvalue weighted by molar-refractivity contribution is 0.0828. The molecular formula is C36H41F2IN6O3. The van der Waals surface area contributed by atoms with Crippen LogP contribution in [0.1, 0.15) is 0 Å². The van der Waals surface area contributed by atoms with Gasteiger partial charge in [0.2, 0.25) is 0 Å². The van der Waals surface area contributed by atoms with E-state index in [9.17, 15) is 8.78 Å². The first kappa shape index (κ1) is 36.6. The minimum absolute atomic E-state index is 0.0278. The number of fused-ring (bicyclic) bond motifs is 2. The predicted molar refractivity (Wildman–Crippen MR) is 198 cm³/mol. The molecule has 9 nitrogen and oxygen atoms in total. The summed E-state index contributed by atoms with van der Waals surface area (Å²) >= 11 is 2.31. The molecule has 254 valence electrons. The van der Waals surface area contributed by atoms with E-state index in [1.54, 1.807) is 6.07 Å². The maximum Gasteiger partial charge on any atom is 0.137 e. The van der Waals surface area contributed by atoms with Gasteiger partial charge in [0, 0.05) is 72.9 Å².